The van der Waals surface area contributed by atoms with Crippen LogP contribution in [0.3, 0.4) is 0 Å². The summed E-state index contributed by atoms with van der Waals surface area (Å²) in [5.74, 6) is -1.13. The molecule has 3 nitrogen and oxygen atoms in total. The van der Waals surface area contributed by atoms with E-state index in [-0.39, 0.29) is 35.5 Å². The first kappa shape index (κ1) is 15.8. The topological polar surface area (TPSA) is 52.2 Å². The van der Waals surface area contributed by atoms with E-state index < -0.39 is 12.0 Å². The molecule has 0 bridgehead atoms. The van der Waals surface area contributed by atoms with Crippen LogP contribution in [0.15, 0.2) is 24.3 Å². The number of hydrogen-bond acceptors (Lipinski definition) is 3. The number of anilines is 1. The standard InChI is InChI=1S/C11H14ClNO2.Na/c1-7(2)10(11(14)15)13-9-5-3-8(12)4-6-9;/h3-7,10,13H,1-2H3,(H,14,15);/q;+1/p-1. The average molecular weight is 250 g/mol. The van der Waals surface area contributed by atoms with E-state index in [1.54, 1.807) is 24.3 Å². The second kappa shape index (κ2) is 7.17. The van der Waals surface area contributed by atoms with Crippen LogP contribution in [0.2, 0.25) is 5.02 Å². The van der Waals surface area contributed by atoms with Crippen LogP contribution in [0.5, 0.6) is 0 Å². The number of carboxylic acids is 1. The molecule has 0 amide bonds. The van der Waals surface area contributed by atoms with Crippen molar-refractivity contribution in [2.24, 2.45) is 5.92 Å². The second-order valence-electron chi connectivity index (χ2n) is 3.69. The molecule has 0 radical (unpaired) electrons. The number of halogens is 1. The van der Waals surface area contributed by atoms with E-state index in [2.05, 4.69) is 5.32 Å². The van der Waals surface area contributed by atoms with Crippen LogP contribution in [0, 0.1) is 5.92 Å². The van der Waals surface area contributed by atoms with Crippen LogP contribution >= 0.6 is 11.6 Å². The Morgan fingerprint density at radius 2 is 1.81 bits per heavy atom. The van der Waals surface area contributed by atoms with Gasteiger partial charge in [-0.25, -0.2) is 0 Å². The van der Waals surface area contributed by atoms with Gasteiger partial charge >= 0.3 is 29.6 Å². The van der Waals surface area contributed by atoms with Crippen molar-refractivity contribution >= 4 is 23.3 Å². The number of benzene rings is 1. The van der Waals surface area contributed by atoms with Gasteiger partial charge in [-0.1, -0.05) is 25.4 Å². The maximum absolute atomic E-state index is 10.8. The van der Waals surface area contributed by atoms with Gasteiger partial charge in [-0.2, -0.15) is 0 Å². The van der Waals surface area contributed by atoms with Gasteiger partial charge in [0.05, 0.1) is 12.0 Å². The summed E-state index contributed by atoms with van der Waals surface area (Å²) in [5.41, 5.74) is 0.724. The fourth-order valence-corrected chi connectivity index (χ4v) is 1.35. The normalized spacial score (nSPS) is 11.8. The van der Waals surface area contributed by atoms with Gasteiger partial charge in [-0.15, -0.1) is 0 Å². The molecule has 0 aromatic heterocycles. The Morgan fingerprint density at radius 3 is 2.19 bits per heavy atom. The van der Waals surface area contributed by atoms with Crippen LogP contribution in [-0.2, 0) is 4.79 Å². The average Bonchev–Trinajstić information content (AvgIpc) is 2.15. The molecule has 0 spiro atoms. The Hall–Kier alpha value is -0.220. The van der Waals surface area contributed by atoms with E-state index in [1.807, 2.05) is 13.8 Å². The molecule has 1 unspecified atom stereocenters. The fourth-order valence-electron chi connectivity index (χ4n) is 1.22. The summed E-state index contributed by atoms with van der Waals surface area (Å²) in [6.45, 7) is 3.65. The third-order valence-corrected chi connectivity index (χ3v) is 2.34. The molecule has 82 valence electrons. The number of carbonyl (C=O) groups is 1. The SMILES string of the molecule is CC(C)C(Nc1ccc(Cl)cc1)C(=O)[O-].[Na+]. The Morgan fingerprint density at radius 1 is 1.31 bits per heavy atom. The van der Waals surface area contributed by atoms with Crippen molar-refractivity contribution in [3.63, 3.8) is 0 Å². The monoisotopic (exact) mass is 249 g/mol. The minimum atomic E-state index is -1.10. The van der Waals surface area contributed by atoms with Gasteiger partial charge in [0, 0.05) is 10.7 Å². The summed E-state index contributed by atoms with van der Waals surface area (Å²) in [4.78, 5) is 10.8. The molecule has 5 heteroatoms. The zero-order valence-electron chi connectivity index (χ0n) is 9.66. The summed E-state index contributed by atoms with van der Waals surface area (Å²) in [6.07, 6.45) is 0. The van der Waals surface area contributed by atoms with Crippen LogP contribution in [0.1, 0.15) is 13.8 Å². The summed E-state index contributed by atoms with van der Waals surface area (Å²) < 4.78 is 0. The zero-order valence-corrected chi connectivity index (χ0v) is 12.4. The van der Waals surface area contributed by atoms with Crippen molar-refractivity contribution in [3.8, 4) is 0 Å². The maximum atomic E-state index is 10.8. The molecule has 1 rings (SSSR count). The van der Waals surface area contributed by atoms with Crippen LogP contribution in [0.4, 0.5) is 5.69 Å². The quantitative estimate of drug-likeness (QED) is 0.663. The molecule has 0 saturated carbocycles. The molecule has 1 atom stereocenters. The van der Waals surface area contributed by atoms with Gasteiger partial charge in [0.15, 0.2) is 0 Å². The van der Waals surface area contributed by atoms with E-state index in [0.717, 1.165) is 5.69 Å². The van der Waals surface area contributed by atoms with Crippen molar-refractivity contribution < 1.29 is 39.5 Å². The Kier molecular flexibility index (Phi) is 7.07. The largest absolute Gasteiger partial charge is 1.00 e. The predicted octanol–water partition coefficient (Wildman–Crippen LogP) is -1.47. The first-order chi connectivity index (χ1) is 7.00. The molecule has 16 heavy (non-hydrogen) atoms. The third kappa shape index (κ3) is 4.74. The molecule has 0 aliphatic rings. The van der Waals surface area contributed by atoms with Crippen LogP contribution in [0.25, 0.3) is 0 Å². The van der Waals surface area contributed by atoms with Gasteiger partial charge in [-0.05, 0) is 30.2 Å². The number of rotatable bonds is 4. The fraction of sp³-hybridized carbons (Fsp3) is 0.364. The van der Waals surface area contributed by atoms with Crippen molar-refractivity contribution in [1.29, 1.82) is 0 Å². The molecule has 0 heterocycles. The number of hydrogen-bond donors (Lipinski definition) is 1. The third-order valence-electron chi connectivity index (χ3n) is 2.09. The number of nitrogens with one attached hydrogen (secondary N) is 1. The Bertz CT molecular complexity index is 340. The number of carbonyl (C=O) groups excluding carboxylic acids is 1. The molecule has 0 aliphatic carbocycles. The Balaban J connectivity index is 0.00000225. The minimum absolute atomic E-state index is 0. The molecule has 1 N–H and O–H groups in total. The van der Waals surface area contributed by atoms with Gasteiger partial charge in [0.1, 0.15) is 0 Å². The minimum Gasteiger partial charge on any atom is -0.548 e. The second-order valence-corrected chi connectivity index (χ2v) is 4.13. The van der Waals surface area contributed by atoms with Gasteiger partial charge in [0.2, 0.25) is 0 Å². The molecule has 1 aromatic carbocycles. The van der Waals surface area contributed by atoms with E-state index in [0.29, 0.717) is 5.02 Å². The molecule has 0 fully saturated rings. The van der Waals surface area contributed by atoms with Crippen molar-refractivity contribution in [2.45, 2.75) is 19.9 Å². The zero-order chi connectivity index (χ0) is 11.4. The van der Waals surface area contributed by atoms with E-state index >= 15 is 0 Å². The predicted molar refractivity (Wildman–Crippen MR) is 58.7 cm³/mol. The van der Waals surface area contributed by atoms with E-state index in [9.17, 15) is 9.90 Å². The first-order valence-corrected chi connectivity index (χ1v) is 5.11. The summed E-state index contributed by atoms with van der Waals surface area (Å²) >= 11 is 5.72. The smallest absolute Gasteiger partial charge is 0.548 e. The van der Waals surface area contributed by atoms with Crippen molar-refractivity contribution in [1.82, 2.24) is 0 Å². The number of carboxylic acid groups (broad SMARTS) is 1. The molecule has 0 aliphatic heterocycles. The van der Waals surface area contributed by atoms with Gasteiger partial charge in [0.25, 0.3) is 0 Å². The van der Waals surface area contributed by atoms with Gasteiger partial charge < -0.3 is 15.2 Å². The van der Waals surface area contributed by atoms with E-state index in [4.69, 9.17) is 11.6 Å². The van der Waals surface area contributed by atoms with Crippen molar-refractivity contribution in [2.75, 3.05) is 5.32 Å². The molecule has 1 aromatic rings. The molecule has 0 saturated heterocycles. The maximum Gasteiger partial charge on any atom is 1.00 e. The van der Waals surface area contributed by atoms with Crippen LogP contribution in [-0.4, -0.2) is 12.0 Å². The van der Waals surface area contributed by atoms with Crippen molar-refractivity contribution in [3.05, 3.63) is 29.3 Å². The van der Waals surface area contributed by atoms with E-state index in [1.165, 1.54) is 0 Å². The summed E-state index contributed by atoms with van der Waals surface area (Å²) in [7, 11) is 0. The summed E-state index contributed by atoms with van der Waals surface area (Å²) in [6, 6.07) is 6.19. The molecular weight excluding hydrogens is 237 g/mol. The first-order valence-electron chi connectivity index (χ1n) is 4.73. The number of aliphatic carboxylic acids is 1. The summed E-state index contributed by atoms with van der Waals surface area (Å²) in [5, 5.41) is 14.3. The van der Waals surface area contributed by atoms with Gasteiger partial charge in [-0.3, -0.25) is 0 Å². The van der Waals surface area contributed by atoms with Crippen LogP contribution < -0.4 is 40.0 Å². The Labute approximate surface area is 122 Å². The molecular formula is C11H13ClNNaO2.